The molecule has 0 bridgehead atoms. The van der Waals surface area contributed by atoms with Crippen LogP contribution in [0.15, 0.2) is 54.6 Å². The van der Waals surface area contributed by atoms with Gasteiger partial charge in [-0.2, -0.15) is 0 Å². The van der Waals surface area contributed by atoms with E-state index in [2.05, 4.69) is 23.5 Å². The highest BCUT2D eigenvalue weighted by Crippen LogP contribution is 2.14. The number of anilines is 1. The maximum absolute atomic E-state index is 11.7. The van der Waals surface area contributed by atoms with Crippen molar-refractivity contribution in [3.63, 3.8) is 0 Å². The predicted octanol–water partition coefficient (Wildman–Crippen LogP) is 5.20. The van der Waals surface area contributed by atoms with Crippen molar-refractivity contribution < 1.29 is 9.53 Å². The van der Waals surface area contributed by atoms with Crippen LogP contribution in [0.1, 0.15) is 31.9 Å². The van der Waals surface area contributed by atoms with Crippen molar-refractivity contribution in [3.05, 3.63) is 65.7 Å². The second-order valence-corrected chi connectivity index (χ2v) is 5.99. The minimum Gasteiger partial charge on any atom is -0.444 e. The van der Waals surface area contributed by atoms with Crippen LogP contribution < -0.4 is 5.32 Å². The lowest BCUT2D eigenvalue weighted by molar-refractivity contribution is 0.0636. The molecular weight excluding hydrogens is 274 g/mol. The third-order valence-corrected chi connectivity index (χ3v) is 2.82. The first kappa shape index (κ1) is 15.8. The first-order valence-corrected chi connectivity index (χ1v) is 7.26. The van der Waals surface area contributed by atoms with Crippen LogP contribution in [0.25, 0.3) is 12.2 Å². The lowest BCUT2D eigenvalue weighted by atomic mass is 10.1. The smallest absolute Gasteiger partial charge is 0.412 e. The number of nitrogens with one attached hydrogen (secondary N) is 1. The van der Waals surface area contributed by atoms with Gasteiger partial charge in [-0.1, -0.05) is 54.6 Å². The van der Waals surface area contributed by atoms with Crippen LogP contribution in [0, 0.1) is 0 Å². The van der Waals surface area contributed by atoms with Crippen LogP contribution in [0.5, 0.6) is 0 Å². The van der Waals surface area contributed by atoms with Gasteiger partial charge in [0.05, 0.1) is 0 Å². The summed E-state index contributed by atoms with van der Waals surface area (Å²) in [5.74, 6) is 0. The van der Waals surface area contributed by atoms with Gasteiger partial charge in [-0.3, -0.25) is 5.32 Å². The molecule has 0 aliphatic rings. The second-order valence-electron chi connectivity index (χ2n) is 5.99. The monoisotopic (exact) mass is 295 g/mol. The number of benzene rings is 2. The lowest BCUT2D eigenvalue weighted by Gasteiger charge is -2.19. The molecule has 0 unspecified atom stereocenters. The number of carbonyl (C=O) groups excluding carboxylic acids is 1. The highest BCUT2D eigenvalue weighted by Gasteiger charge is 2.15. The Balaban J connectivity index is 1.96. The normalized spacial score (nSPS) is 11.4. The molecule has 2 aromatic carbocycles. The van der Waals surface area contributed by atoms with Crippen LogP contribution in [0.3, 0.4) is 0 Å². The Bertz CT molecular complexity index is 637. The summed E-state index contributed by atoms with van der Waals surface area (Å²) in [6, 6.07) is 17.7. The first-order chi connectivity index (χ1) is 10.4. The minimum absolute atomic E-state index is 0.444. The first-order valence-electron chi connectivity index (χ1n) is 7.26. The second kappa shape index (κ2) is 6.94. The summed E-state index contributed by atoms with van der Waals surface area (Å²) < 4.78 is 5.21. The lowest BCUT2D eigenvalue weighted by Crippen LogP contribution is -2.27. The number of carbonyl (C=O) groups is 1. The molecule has 1 amide bonds. The van der Waals surface area contributed by atoms with E-state index < -0.39 is 11.7 Å². The SMILES string of the molecule is CC(C)(C)OC(=O)Nc1ccc(/C=C/c2ccccc2)cc1. The third kappa shape index (κ3) is 5.44. The topological polar surface area (TPSA) is 38.3 Å². The molecule has 0 aliphatic carbocycles. The van der Waals surface area contributed by atoms with Gasteiger partial charge in [0.2, 0.25) is 0 Å². The number of amides is 1. The molecule has 0 aromatic heterocycles. The van der Waals surface area contributed by atoms with Crippen LogP contribution in [-0.2, 0) is 4.74 Å². The molecule has 0 spiro atoms. The van der Waals surface area contributed by atoms with Gasteiger partial charge < -0.3 is 4.74 Å². The van der Waals surface area contributed by atoms with Crippen LogP contribution in [-0.4, -0.2) is 11.7 Å². The summed E-state index contributed by atoms with van der Waals surface area (Å²) in [7, 11) is 0. The molecule has 22 heavy (non-hydrogen) atoms. The van der Waals surface area contributed by atoms with Gasteiger partial charge in [-0.15, -0.1) is 0 Å². The van der Waals surface area contributed by atoms with Crippen molar-refractivity contribution in [2.75, 3.05) is 5.32 Å². The average Bonchev–Trinajstić information content (AvgIpc) is 2.45. The van der Waals surface area contributed by atoms with Crippen molar-refractivity contribution in [1.29, 1.82) is 0 Å². The average molecular weight is 295 g/mol. The van der Waals surface area contributed by atoms with Gasteiger partial charge in [0, 0.05) is 5.69 Å². The van der Waals surface area contributed by atoms with Gasteiger partial charge >= 0.3 is 6.09 Å². The van der Waals surface area contributed by atoms with Crippen LogP contribution in [0.4, 0.5) is 10.5 Å². The zero-order valence-corrected chi connectivity index (χ0v) is 13.2. The standard InChI is InChI=1S/C19H21NO2/c1-19(2,3)22-18(21)20-17-13-11-16(12-14-17)10-9-15-7-5-4-6-8-15/h4-14H,1-3H3,(H,20,21)/b10-9+. The molecule has 114 valence electrons. The molecular formula is C19H21NO2. The summed E-state index contributed by atoms with van der Waals surface area (Å²) >= 11 is 0. The van der Waals surface area contributed by atoms with E-state index in [-0.39, 0.29) is 0 Å². The van der Waals surface area contributed by atoms with E-state index in [0.29, 0.717) is 5.69 Å². The molecule has 0 radical (unpaired) electrons. The van der Waals surface area contributed by atoms with E-state index in [4.69, 9.17) is 4.74 Å². The van der Waals surface area contributed by atoms with Crippen molar-refractivity contribution in [2.24, 2.45) is 0 Å². The molecule has 2 rings (SSSR count). The maximum Gasteiger partial charge on any atom is 0.412 e. The fourth-order valence-corrected chi connectivity index (χ4v) is 1.86. The van der Waals surface area contributed by atoms with E-state index in [1.165, 1.54) is 0 Å². The number of hydrogen-bond acceptors (Lipinski definition) is 2. The van der Waals surface area contributed by atoms with Gasteiger partial charge in [-0.25, -0.2) is 4.79 Å². The molecule has 0 aliphatic heterocycles. The number of hydrogen-bond donors (Lipinski definition) is 1. The summed E-state index contributed by atoms with van der Waals surface area (Å²) in [6.07, 6.45) is 3.64. The Morgan fingerprint density at radius 1 is 0.909 bits per heavy atom. The summed E-state index contributed by atoms with van der Waals surface area (Å²) in [5.41, 5.74) is 2.44. The Hall–Kier alpha value is -2.55. The van der Waals surface area contributed by atoms with E-state index >= 15 is 0 Å². The van der Waals surface area contributed by atoms with E-state index in [1.54, 1.807) is 0 Å². The van der Waals surface area contributed by atoms with Gasteiger partial charge in [0.1, 0.15) is 5.60 Å². The zero-order chi connectivity index (χ0) is 16.0. The molecule has 0 saturated heterocycles. The predicted molar refractivity (Wildman–Crippen MR) is 91.7 cm³/mol. The highest BCUT2D eigenvalue weighted by atomic mass is 16.6. The van der Waals surface area contributed by atoms with Gasteiger partial charge in [-0.05, 0) is 44.0 Å². The Kier molecular flexibility index (Phi) is 4.99. The Morgan fingerprint density at radius 2 is 1.45 bits per heavy atom. The quantitative estimate of drug-likeness (QED) is 0.790. The van der Waals surface area contributed by atoms with E-state index in [1.807, 2.05) is 69.3 Å². The van der Waals surface area contributed by atoms with Crippen LogP contribution in [0.2, 0.25) is 0 Å². The Morgan fingerprint density at radius 3 is 2.00 bits per heavy atom. The molecule has 2 aromatic rings. The van der Waals surface area contributed by atoms with E-state index in [0.717, 1.165) is 11.1 Å². The fourth-order valence-electron chi connectivity index (χ4n) is 1.86. The minimum atomic E-state index is -0.498. The Labute approximate surface area is 131 Å². The van der Waals surface area contributed by atoms with Gasteiger partial charge in [0.25, 0.3) is 0 Å². The maximum atomic E-state index is 11.7. The van der Waals surface area contributed by atoms with Crippen molar-refractivity contribution in [1.82, 2.24) is 0 Å². The molecule has 1 N–H and O–H groups in total. The van der Waals surface area contributed by atoms with Crippen LogP contribution >= 0.6 is 0 Å². The van der Waals surface area contributed by atoms with Crippen molar-refractivity contribution in [3.8, 4) is 0 Å². The number of ether oxygens (including phenoxy) is 1. The molecule has 3 heteroatoms. The van der Waals surface area contributed by atoms with Crippen molar-refractivity contribution in [2.45, 2.75) is 26.4 Å². The molecule has 0 saturated carbocycles. The van der Waals surface area contributed by atoms with Crippen molar-refractivity contribution >= 4 is 23.9 Å². The zero-order valence-electron chi connectivity index (χ0n) is 13.2. The molecule has 3 nitrogen and oxygen atoms in total. The highest BCUT2D eigenvalue weighted by molar-refractivity contribution is 5.85. The molecule has 0 heterocycles. The fraction of sp³-hybridized carbons (Fsp3) is 0.211. The third-order valence-electron chi connectivity index (χ3n) is 2.82. The summed E-state index contributed by atoms with van der Waals surface area (Å²) in [4.78, 5) is 11.7. The largest absolute Gasteiger partial charge is 0.444 e. The summed E-state index contributed by atoms with van der Waals surface area (Å²) in [6.45, 7) is 5.51. The van der Waals surface area contributed by atoms with Gasteiger partial charge in [0.15, 0.2) is 0 Å². The van der Waals surface area contributed by atoms with E-state index in [9.17, 15) is 4.79 Å². The molecule has 0 fully saturated rings. The summed E-state index contributed by atoms with van der Waals surface area (Å²) in [5, 5.41) is 2.71. The number of rotatable bonds is 3. The molecule has 0 atom stereocenters.